The summed E-state index contributed by atoms with van der Waals surface area (Å²) in [5, 5.41) is 0.675. The summed E-state index contributed by atoms with van der Waals surface area (Å²) in [6, 6.07) is 0. The van der Waals surface area contributed by atoms with Crippen molar-refractivity contribution >= 4 is 16.6 Å². The predicted molar refractivity (Wildman–Crippen MR) is 153 cm³/mol. The Morgan fingerprint density at radius 3 is 1.28 bits per heavy atom. The average molecular weight is 571 g/mol. The summed E-state index contributed by atoms with van der Waals surface area (Å²) in [6.07, 6.45) is 23.1. The van der Waals surface area contributed by atoms with E-state index in [9.17, 15) is 0 Å². The minimum atomic E-state index is -2.15. The van der Waals surface area contributed by atoms with E-state index in [0.29, 0.717) is 69.7 Å². The molecule has 14 atom stereocenters. The SMILES string of the molecule is C[Si](C)(O[Si](C)(C)C1(C23CCC4OC4C2CC3)CCC2OC2C1)C1(C23CCC4OC4C2CC3)CCC2OC2C1. The van der Waals surface area contributed by atoms with Crippen molar-refractivity contribution in [2.24, 2.45) is 22.7 Å². The van der Waals surface area contributed by atoms with Crippen molar-refractivity contribution < 1.29 is 23.1 Å². The van der Waals surface area contributed by atoms with E-state index in [-0.39, 0.29) is 0 Å². The van der Waals surface area contributed by atoms with Crippen LogP contribution in [0.5, 0.6) is 0 Å². The van der Waals surface area contributed by atoms with Crippen LogP contribution in [0.25, 0.3) is 0 Å². The summed E-state index contributed by atoms with van der Waals surface area (Å²) in [5.74, 6) is 1.57. The van der Waals surface area contributed by atoms with Gasteiger partial charge in [0.1, 0.15) is 0 Å². The average Bonchev–Trinajstić information content (AvgIpc) is 3.66. The van der Waals surface area contributed by atoms with Gasteiger partial charge < -0.3 is 23.1 Å². The standard InChI is InChI=1S/C32H50O5Si2/c1-38(2,31(15-9-21-25(17-31)33-21)29-11-5-19(29)27-23(35-27)7-13-29)37-39(3,4)32(16-10-22-26(18-32)34-22)30-12-6-20(30)28-24(36-28)8-14-30/h19-28H,5-18H2,1-4H3. The molecule has 10 fully saturated rings. The third kappa shape index (κ3) is 2.87. The zero-order valence-electron chi connectivity index (χ0n) is 24.7. The molecule has 0 radical (unpaired) electrons. The van der Waals surface area contributed by atoms with Gasteiger partial charge in [0.2, 0.25) is 0 Å². The molecule has 5 nitrogen and oxygen atoms in total. The first-order valence-corrected chi connectivity index (χ1v) is 22.8. The lowest BCUT2D eigenvalue weighted by Gasteiger charge is -2.70. The van der Waals surface area contributed by atoms with Crippen molar-refractivity contribution in [3.05, 3.63) is 0 Å². The van der Waals surface area contributed by atoms with Crippen LogP contribution in [0.4, 0.5) is 0 Å². The maximum atomic E-state index is 8.23. The smallest absolute Gasteiger partial charge is 0.180 e. The molecule has 4 heterocycles. The minimum absolute atomic E-state index is 0.337. The number of rotatable bonds is 6. The molecule has 10 aliphatic rings. The lowest BCUT2D eigenvalue weighted by atomic mass is 9.46. The maximum Gasteiger partial charge on any atom is 0.180 e. The van der Waals surface area contributed by atoms with Crippen molar-refractivity contribution in [2.45, 2.75) is 175 Å². The second-order valence-electron chi connectivity index (χ2n) is 17.2. The van der Waals surface area contributed by atoms with Crippen molar-refractivity contribution in [3.63, 3.8) is 0 Å². The molecule has 7 heteroatoms. The summed E-state index contributed by atoms with van der Waals surface area (Å²) < 4.78 is 33.5. The molecule has 39 heavy (non-hydrogen) atoms. The fourth-order valence-electron chi connectivity index (χ4n) is 13.8. The van der Waals surface area contributed by atoms with Crippen molar-refractivity contribution in [1.82, 2.24) is 0 Å². The number of hydrogen-bond acceptors (Lipinski definition) is 5. The number of ether oxygens (including phenoxy) is 4. The molecule has 4 aliphatic heterocycles. The van der Waals surface area contributed by atoms with Gasteiger partial charge in [0.05, 0.1) is 48.8 Å². The van der Waals surface area contributed by atoms with Gasteiger partial charge in [-0.2, -0.15) is 0 Å². The van der Waals surface area contributed by atoms with Crippen LogP contribution in [0, 0.1) is 22.7 Å². The predicted octanol–water partition coefficient (Wildman–Crippen LogP) is 6.71. The van der Waals surface area contributed by atoms with Crippen molar-refractivity contribution in [3.8, 4) is 0 Å². The molecule has 0 amide bonds. The molecule has 0 spiro atoms. The zero-order valence-corrected chi connectivity index (χ0v) is 26.7. The topological polar surface area (TPSA) is 59.4 Å². The summed E-state index contributed by atoms with van der Waals surface area (Å²) in [7, 11) is -4.30. The Balaban J connectivity index is 1.05. The Hall–Kier alpha value is 0.234. The van der Waals surface area contributed by atoms with Gasteiger partial charge in [-0.05, 0) is 149 Å². The molecule has 0 aromatic heterocycles. The van der Waals surface area contributed by atoms with Gasteiger partial charge in [0, 0.05) is 0 Å². The normalized spacial score (nSPS) is 61.5. The molecule has 0 N–H and O–H groups in total. The van der Waals surface area contributed by atoms with E-state index in [1.807, 2.05) is 0 Å². The van der Waals surface area contributed by atoms with E-state index in [4.69, 9.17) is 23.1 Å². The first kappa shape index (κ1) is 24.7. The number of fused-ring (bicyclic) bond motifs is 8. The highest BCUT2D eigenvalue weighted by atomic mass is 28.4. The lowest BCUT2D eigenvalue weighted by molar-refractivity contribution is -0.0760. The molecule has 6 aliphatic carbocycles. The van der Waals surface area contributed by atoms with Crippen molar-refractivity contribution in [1.29, 1.82) is 0 Å². The fraction of sp³-hybridized carbons (Fsp3) is 1.00. The molecule has 0 bridgehead atoms. The monoisotopic (exact) mass is 570 g/mol. The van der Waals surface area contributed by atoms with Crippen LogP contribution in [-0.2, 0) is 23.1 Å². The Morgan fingerprint density at radius 1 is 0.487 bits per heavy atom. The second kappa shape index (κ2) is 7.30. The highest BCUT2D eigenvalue weighted by Gasteiger charge is 2.78. The third-order valence-electron chi connectivity index (χ3n) is 15.9. The second-order valence-corrected chi connectivity index (χ2v) is 25.9. The van der Waals surface area contributed by atoms with Gasteiger partial charge in [-0.3, -0.25) is 0 Å². The number of epoxide rings is 4. The summed E-state index contributed by atoms with van der Waals surface area (Å²) in [6.45, 7) is 10.8. The third-order valence-corrected chi connectivity index (χ3v) is 26.5. The van der Waals surface area contributed by atoms with E-state index in [2.05, 4.69) is 26.2 Å². The van der Waals surface area contributed by atoms with Gasteiger partial charge in [-0.25, -0.2) is 0 Å². The maximum absolute atomic E-state index is 8.23. The molecule has 14 unspecified atom stereocenters. The molecule has 0 aromatic rings. The first-order valence-electron chi connectivity index (χ1n) is 17.0. The van der Waals surface area contributed by atoms with E-state index < -0.39 is 16.6 Å². The van der Waals surface area contributed by atoms with Crippen LogP contribution in [0.2, 0.25) is 36.3 Å². The van der Waals surface area contributed by atoms with Crippen molar-refractivity contribution in [2.75, 3.05) is 0 Å². The fourth-order valence-corrected chi connectivity index (χ4v) is 26.6. The quantitative estimate of drug-likeness (QED) is 0.262. The Labute approximate surface area is 237 Å². The first-order chi connectivity index (χ1) is 18.6. The molecule has 10 rings (SSSR count). The van der Waals surface area contributed by atoms with E-state index in [0.717, 1.165) is 11.8 Å². The summed E-state index contributed by atoms with van der Waals surface area (Å²) in [4.78, 5) is 0. The van der Waals surface area contributed by atoms with Gasteiger partial charge in [0.25, 0.3) is 0 Å². The molecule has 4 saturated heterocycles. The van der Waals surface area contributed by atoms with Gasteiger partial charge >= 0.3 is 0 Å². The molecular formula is C32H50O5Si2. The zero-order chi connectivity index (χ0) is 26.2. The molecule has 216 valence electrons. The van der Waals surface area contributed by atoms with E-state index in [1.54, 1.807) is 0 Å². The van der Waals surface area contributed by atoms with Crippen LogP contribution >= 0.6 is 0 Å². The van der Waals surface area contributed by atoms with Gasteiger partial charge in [-0.1, -0.05) is 0 Å². The molecule has 6 saturated carbocycles. The summed E-state index contributed by atoms with van der Waals surface area (Å²) >= 11 is 0. The molecular weight excluding hydrogens is 521 g/mol. The summed E-state index contributed by atoms with van der Waals surface area (Å²) in [5.41, 5.74) is 0.896. The molecule has 0 aromatic carbocycles. The number of hydrogen-bond donors (Lipinski definition) is 0. The lowest BCUT2D eigenvalue weighted by Crippen LogP contribution is -2.70. The largest absolute Gasteiger partial charge is 0.455 e. The van der Waals surface area contributed by atoms with E-state index in [1.165, 1.54) is 89.9 Å². The Morgan fingerprint density at radius 2 is 0.897 bits per heavy atom. The van der Waals surface area contributed by atoms with Crippen LogP contribution in [-0.4, -0.2) is 65.5 Å². The van der Waals surface area contributed by atoms with Gasteiger partial charge in [0.15, 0.2) is 16.6 Å². The van der Waals surface area contributed by atoms with Crippen LogP contribution in [0.15, 0.2) is 0 Å². The van der Waals surface area contributed by atoms with Crippen LogP contribution < -0.4 is 0 Å². The Kier molecular flexibility index (Phi) is 4.61. The highest BCUT2D eigenvalue weighted by molar-refractivity contribution is 6.88. The van der Waals surface area contributed by atoms with E-state index >= 15 is 0 Å². The Bertz CT molecular complexity index is 1030. The van der Waals surface area contributed by atoms with Crippen LogP contribution in [0.1, 0.15) is 89.9 Å². The van der Waals surface area contributed by atoms with Crippen LogP contribution in [0.3, 0.4) is 0 Å². The highest BCUT2D eigenvalue weighted by Crippen LogP contribution is 2.81. The minimum Gasteiger partial charge on any atom is -0.455 e. The van der Waals surface area contributed by atoms with Gasteiger partial charge in [-0.15, -0.1) is 0 Å².